The van der Waals surface area contributed by atoms with Crippen molar-refractivity contribution in [3.05, 3.63) is 0 Å². The Bertz CT molecular complexity index is 52.5. The van der Waals surface area contributed by atoms with Crippen molar-refractivity contribution in [3.8, 4) is 0 Å². The first-order valence-corrected chi connectivity index (χ1v) is 4.44. The molecule has 0 fully saturated rings. The molecule has 55 valence electrons. The first-order valence-electron chi connectivity index (χ1n) is 3.97. The smallest absolute Gasteiger partial charge is 0.0149 e. The van der Waals surface area contributed by atoms with Gasteiger partial charge in [-0.05, 0) is 12.8 Å². The Kier molecular flexibility index (Phi) is 6.72. The van der Waals surface area contributed by atoms with Crippen molar-refractivity contribution in [2.45, 2.75) is 51.2 Å². The van der Waals surface area contributed by atoms with Crippen molar-refractivity contribution >= 4 is 12.6 Å². The highest BCUT2D eigenvalue weighted by atomic mass is 32.1. The van der Waals surface area contributed by atoms with Crippen LogP contribution in [0.1, 0.15) is 46.0 Å². The van der Waals surface area contributed by atoms with E-state index in [1.165, 1.54) is 32.1 Å². The van der Waals surface area contributed by atoms with E-state index < -0.39 is 0 Å². The number of rotatable bonds is 5. The van der Waals surface area contributed by atoms with Gasteiger partial charge in [0.05, 0.1) is 0 Å². The molecule has 1 unspecified atom stereocenters. The second-order valence-electron chi connectivity index (χ2n) is 2.53. The number of hydrogen-bond donors (Lipinski definition) is 0. The van der Waals surface area contributed by atoms with Crippen molar-refractivity contribution in [2.24, 2.45) is 0 Å². The molecule has 0 aromatic rings. The Labute approximate surface area is 64.4 Å². The summed E-state index contributed by atoms with van der Waals surface area (Å²) in [5, 5.41) is 0.538. The van der Waals surface area contributed by atoms with Crippen LogP contribution in [0, 0.1) is 0 Å². The van der Waals surface area contributed by atoms with Crippen LogP contribution in [-0.2, 0) is 0 Å². The van der Waals surface area contributed by atoms with Crippen LogP contribution < -0.4 is 0 Å². The second-order valence-corrected chi connectivity index (χ2v) is 3.19. The van der Waals surface area contributed by atoms with Crippen molar-refractivity contribution in [3.63, 3.8) is 0 Å². The fraction of sp³-hybridized carbons (Fsp3) is 1.00. The van der Waals surface area contributed by atoms with E-state index in [0.29, 0.717) is 5.25 Å². The summed E-state index contributed by atoms with van der Waals surface area (Å²) in [5.74, 6) is 0. The van der Waals surface area contributed by atoms with E-state index in [0.717, 1.165) is 0 Å². The van der Waals surface area contributed by atoms with Gasteiger partial charge in [-0.15, -0.1) is 0 Å². The van der Waals surface area contributed by atoms with E-state index in [1.807, 2.05) is 0 Å². The standard InChI is InChI=1S/C8H17S/c1-3-5-6-7-8(9)4-2/h8H,3-7H2,1-2H3. The van der Waals surface area contributed by atoms with E-state index >= 15 is 0 Å². The van der Waals surface area contributed by atoms with E-state index in [9.17, 15) is 0 Å². The minimum absolute atomic E-state index is 0.538. The van der Waals surface area contributed by atoms with Gasteiger partial charge in [0.15, 0.2) is 0 Å². The van der Waals surface area contributed by atoms with Crippen molar-refractivity contribution < 1.29 is 0 Å². The topological polar surface area (TPSA) is 0 Å². The Morgan fingerprint density at radius 3 is 2.33 bits per heavy atom. The van der Waals surface area contributed by atoms with Gasteiger partial charge in [-0.1, -0.05) is 45.7 Å². The molecule has 0 aliphatic rings. The highest BCUT2D eigenvalue weighted by Crippen LogP contribution is 2.10. The van der Waals surface area contributed by atoms with Crippen LogP contribution in [0.3, 0.4) is 0 Å². The number of hydrogen-bond acceptors (Lipinski definition) is 0. The Hall–Kier alpha value is 0.350. The Morgan fingerprint density at radius 1 is 1.22 bits per heavy atom. The van der Waals surface area contributed by atoms with Crippen molar-refractivity contribution in [1.29, 1.82) is 0 Å². The molecule has 1 atom stereocenters. The quantitative estimate of drug-likeness (QED) is 0.519. The highest BCUT2D eigenvalue weighted by molar-refractivity contribution is 7.80. The third-order valence-electron chi connectivity index (χ3n) is 1.58. The van der Waals surface area contributed by atoms with Crippen molar-refractivity contribution in [2.75, 3.05) is 0 Å². The summed E-state index contributed by atoms with van der Waals surface area (Å²) < 4.78 is 0. The zero-order valence-corrected chi connectivity index (χ0v) is 7.34. The summed E-state index contributed by atoms with van der Waals surface area (Å²) in [6, 6.07) is 0. The molecule has 0 aliphatic heterocycles. The molecule has 0 aromatic carbocycles. The van der Waals surface area contributed by atoms with Gasteiger partial charge in [0, 0.05) is 5.25 Å². The fourth-order valence-corrected chi connectivity index (χ4v) is 0.993. The predicted molar refractivity (Wildman–Crippen MR) is 45.8 cm³/mol. The van der Waals surface area contributed by atoms with Gasteiger partial charge >= 0.3 is 0 Å². The summed E-state index contributed by atoms with van der Waals surface area (Å²) in [7, 11) is 0. The molecule has 0 saturated carbocycles. The molecule has 0 amide bonds. The van der Waals surface area contributed by atoms with Gasteiger partial charge in [-0.2, -0.15) is 0 Å². The van der Waals surface area contributed by atoms with Crippen LogP contribution in [0.25, 0.3) is 0 Å². The minimum Gasteiger partial charge on any atom is -0.0905 e. The van der Waals surface area contributed by atoms with Gasteiger partial charge in [0.2, 0.25) is 0 Å². The molecule has 1 radical (unpaired) electrons. The molecule has 0 N–H and O–H groups in total. The van der Waals surface area contributed by atoms with E-state index in [4.69, 9.17) is 12.6 Å². The van der Waals surface area contributed by atoms with Gasteiger partial charge in [0.25, 0.3) is 0 Å². The summed E-state index contributed by atoms with van der Waals surface area (Å²) in [5.41, 5.74) is 0. The molecule has 0 aromatic heterocycles. The molecule has 1 heteroatoms. The second kappa shape index (κ2) is 6.47. The molecule has 0 rings (SSSR count). The lowest BCUT2D eigenvalue weighted by atomic mass is 10.1. The van der Waals surface area contributed by atoms with E-state index in [-0.39, 0.29) is 0 Å². The van der Waals surface area contributed by atoms with E-state index in [2.05, 4.69) is 13.8 Å². The zero-order valence-electron chi connectivity index (χ0n) is 6.52. The molecule has 0 bridgehead atoms. The summed E-state index contributed by atoms with van der Waals surface area (Å²) >= 11 is 5.15. The van der Waals surface area contributed by atoms with Gasteiger partial charge in [-0.25, -0.2) is 0 Å². The number of unbranched alkanes of at least 4 members (excludes halogenated alkanes) is 2. The third-order valence-corrected chi connectivity index (χ3v) is 2.15. The molecular formula is C8H17S. The van der Waals surface area contributed by atoms with Crippen molar-refractivity contribution in [1.82, 2.24) is 0 Å². The van der Waals surface area contributed by atoms with Crippen LogP contribution in [0.5, 0.6) is 0 Å². The third kappa shape index (κ3) is 6.23. The minimum atomic E-state index is 0.538. The van der Waals surface area contributed by atoms with Gasteiger partial charge < -0.3 is 0 Å². The summed E-state index contributed by atoms with van der Waals surface area (Å²) in [4.78, 5) is 0. The maximum atomic E-state index is 5.15. The molecule has 0 spiro atoms. The molecule has 0 saturated heterocycles. The normalized spacial score (nSPS) is 13.7. The van der Waals surface area contributed by atoms with Crippen LogP contribution in [-0.4, -0.2) is 5.25 Å². The Balaban J connectivity index is 2.88. The van der Waals surface area contributed by atoms with Gasteiger partial charge in [-0.3, -0.25) is 0 Å². The van der Waals surface area contributed by atoms with E-state index in [1.54, 1.807) is 0 Å². The maximum Gasteiger partial charge on any atom is 0.0149 e. The molecule has 9 heavy (non-hydrogen) atoms. The lowest BCUT2D eigenvalue weighted by Crippen LogP contribution is -1.94. The fourth-order valence-electron chi connectivity index (χ4n) is 0.826. The molecule has 0 heterocycles. The molecule has 0 nitrogen and oxygen atoms in total. The lowest BCUT2D eigenvalue weighted by molar-refractivity contribution is 0.638. The largest absolute Gasteiger partial charge is 0.0905 e. The van der Waals surface area contributed by atoms with Crippen LogP contribution in [0.2, 0.25) is 0 Å². The average Bonchev–Trinajstić information content (AvgIpc) is 1.89. The first kappa shape index (κ1) is 9.35. The summed E-state index contributed by atoms with van der Waals surface area (Å²) in [6.07, 6.45) is 6.41. The maximum absolute atomic E-state index is 5.15. The lowest BCUT2D eigenvalue weighted by Gasteiger charge is -2.03. The highest BCUT2D eigenvalue weighted by Gasteiger charge is 1.97. The van der Waals surface area contributed by atoms with Crippen LogP contribution >= 0.6 is 12.6 Å². The SMILES string of the molecule is CCCCCC([S])CC. The predicted octanol–water partition coefficient (Wildman–Crippen LogP) is 3.54. The molecular weight excluding hydrogens is 128 g/mol. The van der Waals surface area contributed by atoms with Crippen LogP contribution in [0.15, 0.2) is 0 Å². The zero-order chi connectivity index (χ0) is 7.11. The summed E-state index contributed by atoms with van der Waals surface area (Å²) in [6.45, 7) is 4.40. The molecule has 0 aliphatic carbocycles. The first-order chi connectivity index (χ1) is 4.31. The monoisotopic (exact) mass is 145 g/mol. The van der Waals surface area contributed by atoms with Gasteiger partial charge in [0.1, 0.15) is 0 Å². The Morgan fingerprint density at radius 2 is 1.89 bits per heavy atom. The average molecular weight is 145 g/mol. The van der Waals surface area contributed by atoms with Crippen LogP contribution in [0.4, 0.5) is 0 Å².